The molecular formula is C12H19BrN6. The third kappa shape index (κ3) is 3.03. The van der Waals surface area contributed by atoms with Crippen LogP contribution in [0.1, 0.15) is 50.7 Å². The fourth-order valence-corrected chi connectivity index (χ4v) is 2.51. The van der Waals surface area contributed by atoms with Crippen molar-refractivity contribution in [2.45, 2.75) is 39.3 Å². The fourth-order valence-electron chi connectivity index (χ4n) is 2.01. The van der Waals surface area contributed by atoms with Gasteiger partial charge in [0.25, 0.3) is 0 Å². The molecule has 19 heavy (non-hydrogen) atoms. The van der Waals surface area contributed by atoms with E-state index in [1.54, 1.807) is 6.20 Å². The number of nitrogens with zero attached hydrogens (tertiary/aromatic N) is 4. The van der Waals surface area contributed by atoms with Crippen molar-refractivity contribution in [3.05, 3.63) is 28.3 Å². The van der Waals surface area contributed by atoms with Crippen LogP contribution < -0.4 is 5.32 Å². The molecule has 0 spiro atoms. The highest BCUT2D eigenvalue weighted by molar-refractivity contribution is 9.10. The smallest absolute Gasteiger partial charge is 0.106 e. The van der Waals surface area contributed by atoms with Crippen molar-refractivity contribution < 1.29 is 0 Å². The van der Waals surface area contributed by atoms with Crippen LogP contribution in [0.5, 0.6) is 0 Å². The Morgan fingerprint density at radius 3 is 2.79 bits per heavy atom. The van der Waals surface area contributed by atoms with E-state index in [0.29, 0.717) is 6.04 Å². The Morgan fingerprint density at radius 2 is 2.21 bits per heavy atom. The molecule has 0 fully saturated rings. The summed E-state index contributed by atoms with van der Waals surface area (Å²) in [6, 6.07) is 0.275. The molecule has 0 aliphatic heterocycles. The number of hydrogen-bond acceptors (Lipinski definition) is 4. The van der Waals surface area contributed by atoms with Gasteiger partial charge in [-0.15, -0.1) is 0 Å². The topological polar surface area (TPSA) is 71.4 Å². The van der Waals surface area contributed by atoms with Gasteiger partial charge in [0.1, 0.15) is 5.69 Å². The Kier molecular flexibility index (Phi) is 4.71. The molecule has 0 aliphatic rings. The van der Waals surface area contributed by atoms with Gasteiger partial charge in [0, 0.05) is 6.04 Å². The van der Waals surface area contributed by atoms with Gasteiger partial charge < -0.3 is 5.32 Å². The molecule has 2 N–H and O–H groups in total. The zero-order valence-corrected chi connectivity index (χ0v) is 13.0. The highest BCUT2D eigenvalue weighted by Crippen LogP contribution is 2.29. The molecule has 2 heterocycles. The molecule has 0 saturated heterocycles. The van der Waals surface area contributed by atoms with Crippen LogP contribution in [-0.4, -0.2) is 31.7 Å². The predicted molar refractivity (Wildman–Crippen MR) is 76.8 cm³/mol. The first kappa shape index (κ1) is 14.2. The van der Waals surface area contributed by atoms with E-state index in [0.717, 1.165) is 28.8 Å². The van der Waals surface area contributed by atoms with Gasteiger partial charge in [-0.05, 0) is 42.7 Å². The summed E-state index contributed by atoms with van der Waals surface area (Å²) in [4.78, 5) is 0. The lowest BCUT2D eigenvalue weighted by Gasteiger charge is -2.20. The molecule has 2 aromatic heterocycles. The van der Waals surface area contributed by atoms with E-state index in [1.165, 1.54) is 0 Å². The van der Waals surface area contributed by atoms with Crippen LogP contribution in [0.25, 0.3) is 0 Å². The second-order valence-electron chi connectivity index (χ2n) is 4.70. The Balaban J connectivity index is 2.40. The Bertz CT molecular complexity index is 504. The summed E-state index contributed by atoms with van der Waals surface area (Å²) >= 11 is 3.58. The van der Waals surface area contributed by atoms with E-state index < -0.39 is 0 Å². The van der Waals surface area contributed by atoms with Crippen LogP contribution >= 0.6 is 15.9 Å². The molecule has 0 radical (unpaired) electrons. The Morgan fingerprint density at radius 1 is 1.42 bits per heavy atom. The lowest BCUT2D eigenvalue weighted by atomic mass is 10.1. The minimum atomic E-state index is -0.0158. The summed E-state index contributed by atoms with van der Waals surface area (Å²) in [5.74, 6) is 0. The summed E-state index contributed by atoms with van der Waals surface area (Å²) in [6.07, 6.45) is 4.63. The molecule has 0 bridgehead atoms. The van der Waals surface area contributed by atoms with Crippen LogP contribution in [0, 0.1) is 0 Å². The van der Waals surface area contributed by atoms with E-state index >= 15 is 0 Å². The van der Waals surface area contributed by atoms with Gasteiger partial charge >= 0.3 is 0 Å². The number of halogens is 1. The summed E-state index contributed by atoms with van der Waals surface area (Å²) in [5.41, 5.74) is 1.95. The van der Waals surface area contributed by atoms with Crippen molar-refractivity contribution in [3.8, 4) is 0 Å². The molecule has 7 heteroatoms. The van der Waals surface area contributed by atoms with Crippen molar-refractivity contribution in [1.29, 1.82) is 0 Å². The van der Waals surface area contributed by atoms with Crippen molar-refractivity contribution in [3.63, 3.8) is 0 Å². The standard InChI is InChI=1S/C12H19BrN6/c1-4-5-14-11(10-7-15-18-17-10)12-9(13)6-16-19(12)8(2)3/h6-8,11,14H,4-5H2,1-3H3,(H,15,17,18). The fraction of sp³-hybridized carbons (Fsp3) is 0.583. The molecule has 0 aromatic carbocycles. The third-order valence-corrected chi connectivity index (χ3v) is 3.49. The maximum Gasteiger partial charge on any atom is 0.106 e. The summed E-state index contributed by atoms with van der Waals surface area (Å²) in [6.45, 7) is 7.28. The normalized spacial score (nSPS) is 13.1. The van der Waals surface area contributed by atoms with Gasteiger partial charge in [0.2, 0.25) is 0 Å². The van der Waals surface area contributed by atoms with Crippen molar-refractivity contribution in [2.75, 3.05) is 6.54 Å². The van der Waals surface area contributed by atoms with Crippen molar-refractivity contribution in [2.24, 2.45) is 0 Å². The molecular weight excluding hydrogens is 308 g/mol. The first-order valence-electron chi connectivity index (χ1n) is 6.47. The number of H-pyrrole nitrogens is 1. The number of nitrogens with one attached hydrogen (secondary N) is 2. The third-order valence-electron chi connectivity index (χ3n) is 2.88. The summed E-state index contributed by atoms with van der Waals surface area (Å²) in [5, 5.41) is 18.7. The second-order valence-corrected chi connectivity index (χ2v) is 5.55. The largest absolute Gasteiger partial charge is 0.304 e. The minimum Gasteiger partial charge on any atom is -0.304 e. The Labute approximate surface area is 121 Å². The Hall–Kier alpha value is -1.21. The second kappa shape index (κ2) is 6.29. The first-order chi connectivity index (χ1) is 9.15. The first-order valence-corrected chi connectivity index (χ1v) is 7.26. The quantitative estimate of drug-likeness (QED) is 0.855. The van der Waals surface area contributed by atoms with Crippen LogP contribution in [0.2, 0.25) is 0 Å². The molecule has 0 amide bonds. The van der Waals surface area contributed by atoms with Gasteiger partial charge in [-0.3, -0.25) is 4.68 Å². The molecule has 0 aliphatic carbocycles. The molecule has 0 saturated carbocycles. The summed E-state index contributed by atoms with van der Waals surface area (Å²) in [7, 11) is 0. The molecule has 6 nitrogen and oxygen atoms in total. The molecule has 1 atom stereocenters. The highest BCUT2D eigenvalue weighted by atomic mass is 79.9. The lowest BCUT2D eigenvalue weighted by Crippen LogP contribution is -2.27. The van der Waals surface area contributed by atoms with E-state index in [-0.39, 0.29) is 6.04 Å². The van der Waals surface area contributed by atoms with Gasteiger partial charge in [-0.2, -0.15) is 20.5 Å². The van der Waals surface area contributed by atoms with Gasteiger partial charge in [0.05, 0.1) is 28.6 Å². The average molecular weight is 327 g/mol. The number of aromatic nitrogens is 5. The van der Waals surface area contributed by atoms with Crippen LogP contribution in [0.4, 0.5) is 0 Å². The van der Waals surface area contributed by atoms with E-state index in [1.807, 2.05) is 10.9 Å². The monoisotopic (exact) mass is 326 g/mol. The van der Waals surface area contributed by atoms with Crippen LogP contribution in [0.15, 0.2) is 16.9 Å². The zero-order valence-electron chi connectivity index (χ0n) is 11.4. The maximum atomic E-state index is 4.43. The van der Waals surface area contributed by atoms with Crippen molar-refractivity contribution >= 4 is 15.9 Å². The van der Waals surface area contributed by atoms with Gasteiger partial charge in [-0.25, -0.2) is 0 Å². The van der Waals surface area contributed by atoms with E-state index in [4.69, 9.17) is 0 Å². The number of rotatable bonds is 6. The van der Waals surface area contributed by atoms with Crippen LogP contribution in [-0.2, 0) is 0 Å². The van der Waals surface area contributed by atoms with E-state index in [9.17, 15) is 0 Å². The average Bonchev–Trinajstić information content (AvgIpc) is 3.01. The SMILES string of the molecule is CCCNC(c1cn[nH]n1)c1c(Br)cnn1C(C)C. The minimum absolute atomic E-state index is 0.0158. The predicted octanol–water partition coefficient (Wildman–Crippen LogP) is 2.43. The van der Waals surface area contributed by atoms with Crippen molar-refractivity contribution in [1.82, 2.24) is 30.5 Å². The summed E-state index contributed by atoms with van der Waals surface area (Å²) < 4.78 is 2.99. The lowest BCUT2D eigenvalue weighted by molar-refractivity contribution is 0.466. The van der Waals surface area contributed by atoms with Gasteiger partial charge in [-0.1, -0.05) is 6.92 Å². The number of aromatic amines is 1. The van der Waals surface area contributed by atoms with E-state index in [2.05, 4.69) is 62.5 Å². The molecule has 1 unspecified atom stereocenters. The molecule has 2 aromatic rings. The number of hydrogen-bond donors (Lipinski definition) is 2. The zero-order chi connectivity index (χ0) is 13.8. The maximum absolute atomic E-state index is 4.43. The molecule has 2 rings (SSSR count). The molecule has 104 valence electrons. The highest BCUT2D eigenvalue weighted by Gasteiger charge is 2.24. The van der Waals surface area contributed by atoms with Gasteiger partial charge in [0.15, 0.2) is 0 Å². The van der Waals surface area contributed by atoms with Crippen LogP contribution in [0.3, 0.4) is 0 Å².